The van der Waals surface area contributed by atoms with Gasteiger partial charge < -0.3 is 10.1 Å². The molecule has 88 valence electrons. The summed E-state index contributed by atoms with van der Waals surface area (Å²) < 4.78 is 5.50. The molecule has 1 fully saturated rings. The maximum Gasteiger partial charge on any atom is 0.321 e. The van der Waals surface area contributed by atoms with E-state index in [-0.39, 0.29) is 18.2 Å². The third kappa shape index (κ3) is 2.93. The average Bonchev–Trinajstić information content (AvgIpc) is 2.88. The molecule has 0 bridgehead atoms. The molecule has 5 nitrogen and oxygen atoms in total. The van der Waals surface area contributed by atoms with Gasteiger partial charge in [-0.2, -0.15) is 0 Å². The molecule has 1 aliphatic rings. The Hall–Kier alpha value is -1.14. The molecule has 2 amide bonds. The van der Waals surface area contributed by atoms with Gasteiger partial charge >= 0.3 is 6.03 Å². The van der Waals surface area contributed by atoms with Crippen molar-refractivity contribution in [3.8, 4) is 0 Å². The molecule has 1 aromatic rings. The first-order valence-corrected chi connectivity index (χ1v) is 6.22. The van der Waals surface area contributed by atoms with Gasteiger partial charge in [0.05, 0.1) is 12.1 Å². The number of hydrogen-bond acceptors (Lipinski definition) is 4. The number of thiazole rings is 1. The highest BCUT2D eigenvalue weighted by molar-refractivity contribution is 7.13. The fraction of sp³-hybridized carbons (Fsp3) is 0.600. The zero-order chi connectivity index (χ0) is 11.4. The van der Waals surface area contributed by atoms with Crippen molar-refractivity contribution in [3.05, 3.63) is 11.6 Å². The zero-order valence-electron chi connectivity index (χ0n) is 9.10. The number of nitrogens with one attached hydrogen (secondary N) is 2. The number of carbonyl (C=O) groups excluding carboxylic acids is 1. The Labute approximate surface area is 98.2 Å². The third-order valence-corrected chi connectivity index (χ3v) is 3.22. The number of carbonyl (C=O) groups is 1. The van der Waals surface area contributed by atoms with Crippen molar-refractivity contribution >= 4 is 22.5 Å². The van der Waals surface area contributed by atoms with Crippen LogP contribution in [0.25, 0.3) is 0 Å². The van der Waals surface area contributed by atoms with Crippen molar-refractivity contribution in [2.45, 2.75) is 31.9 Å². The van der Waals surface area contributed by atoms with Gasteiger partial charge in [0.2, 0.25) is 0 Å². The Morgan fingerprint density at radius 2 is 2.62 bits per heavy atom. The molecule has 0 spiro atoms. The maximum absolute atomic E-state index is 11.6. The molecule has 0 radical (unpaired) electrons. The van der Waals surface area contributed by atoms with Crippen molar-refractivity contribution in [2.75, 3.05) is 11.9 Å². The topological polar surface area (TPSA) is 63.2 Å². The second-order valence-electron chi connectivity index (χ2n) is 3.78. The molecule has 1 aromatic heterocycles. The monoisotopic (exact) mass is 241 g/mol. The summed E-state index contributed by atoms with van der Waals surface area (Å²) in [5.41, 5.74) is 0. The van der Waals surface area contributed by atoms with E-state index < -0.39 is 0 Å². The normalized spacial score (nSPS) is 21.7. The van der Waals surface area contributed by atoms with Gasteiger partial charge in [0.15, 0.2) is 5.13 Å². The summed E-state index contributed by atoms with van der Waals surface area (Å²) in [4.78, 5) is 15.5. The first-order valence-electron chi connectivity index (χ1n) is 5.34. The van der Waals surface area contributed by atoms with Crippen LogP contribution in [-0.4, -0.2) is 29.8 Å². The highest BCUT2D eigenvalue weighted by atomic mass is 32.1. The van der Waals surface area contributed by atoms with Crippen LogP contribution in [-0.2, 0) is 4.74 Å². The molecule has 2 rings (SSSR count). The van der Waals surface area contributed by atoms with Gasteiger partial charge in [0.1, 0.15) is 0 Å². The predicted molar refractivity (Wildman–Crippen MR) is 62.7 cm³/mol. The van der Waals surface area contributed by atoms with Crippen LogP contribution in [0.2, 0.25) is 0 Å². The lowest BCUT2D eigenvalue weighted by atomic mass is 10.1. The van der Waals surface area contributed by atoms with Gasteiger partial charge in [0, 0.05) is 18.2 Å². The number of hydrogen-bond donors (Lipinski definition) is 2. The Morgan fingerprint density at radius 3 is 3.25 bits per heavy atom. The van der Waals surface area contributed by atoms with Gasteiger partial charge in [-0.15, -0.1) is 11.3 Å². The first-order chi connectivity index (χ1) is 7.75. The van der Waals surface area contributed by atoms with E-state index in [1.807, 2.05) is 12.3 Å². The lowest BCUT2D eigenvalue weighted by Crippen LogP contribution is -2.42. The van der Waals surface area contributed by atoms with E-state index in [2.05, 4.69) is 15.6 Å². The van der Waals surface area contributed by atoms with Gasteiger partial charge in [0.25, 0.3) is 0 Å². The number of urea groups is 1. The lowest BCUT2D eigenvalue weighted by Gasteiger charge is -2.19. The van der Waals surface area contributed by atoms with Crippen LogP contribution < -0.4 is 10.6 Å². The van der Waals surface area contributed by atoms with Crippen molar-refractivity contribution in [2.24, 2.45) is 0 Å². The Kier molecular flexibility index (Phi) is 3.74. The van der Waals surface area contributed by atoms with Crippen LogP contribution in [0.5, 0.6) is 0 Å². The summed E-state index contributed by atoms with van der Waals surface area (Å²) in [7, 11) is 0. The minimum absolute atomic E-state index is 0.0301. The van der Waals surface area contributed by atoms with Crippen molar-refractivity contribution in [1.82, 2.24) is 10.3 Å². The van der Waals surface area contributed by atoms with E-state index in [0.29, 0.717) is 5.13 Å². The standard InChI is InChI=1S/C10H15N3O2S/c1-7(8-3-2-5-15-8)12-9(14)13-10-11-4-6-16-10/h4,6-8H,2-3,5H2,1H3,(H2,11,12,13,14)/t7-,8+/m1/s1. The quantitative estimate of drug-likeness (QED) is 0.848. The van der Waals surface area contributed by atoms with Gasteiger partial charge in [-0.1, -0.05) is 0 Å². The van der Waals surface area contributed by atoms with Crippen LogP contribution in [0.1, 0.15) is 19.8 Å². The number of nitrogens with zero attached hydrogens (tertiary/aromatic N) is 1. The summed E-state index contributed by atoms with van der Waals surface area (Å²) in [5.74, 6) is 0. The molecule has 0 aliphatic carbocycles. The Bertz CT molecular complexity index is 336. The molecule has 6 heteroatoms. The summed E-state index contributed by atoms with van der Waals surface area (Å²) in [6, 6.07) is -0.194. The van der Waals surface area contributed by atoms with E-state index >= 15 is 0 Å². The molecule has 16 heavy (non-hydrogen) atoms. The third-order valence-electron chi connectivity index (χ3n) is 2.53. The smallest absolute Gasteiger partial charge is 0.321 e. The number of anilines is 1. The molecule has 0 saturated carbocycles. The second-order valence-corrected chi connectivity index (χ2v) is 4.67. The molecule has 0 aromatic carbocycles. The number of rotatable bonds is 3. The molecule has 1 saturated heterocycles. The highest BCUT2D eigenvalue weighted by Crippen LogP contribution is 2.15. The lowest BCUT2D eigenvalue weighted by molar-refractivity contribution is 0.0868. The van der Waals surface area contributed by atoms with Crippen molar-refractivity contribution in [1.29, 1.82) is 0 Å². The van der Waals surface area contributed by atoms with E-state index in [0.717, 1.165) is 19.4 Å². The Morgan fingerprint density at radius 1 is 1.75 bits per heavy atom. The summed E-state index contributed by atoms with van der Waals surface area (Å²) in [6.45, 7) is 2.75. The van der Waals surface area contributed by atoms with Crippen LogP contribution in [0.3, 0.4) is 0 Å². The first kappa shape index (κ1) is 11.3. The van der Waals surface area contributed by atoms with Crippen molar-refractivity contribution in [3.63, 3.8) is 0 Å². The summed E-state index contributed by atoms with van der Waals surface area (Å²) >= 11 is 1.40. The maximum atomic E-state index is 11.6. The summed E-state index contributed by atoms with van der Waals surface area (Å²) in [6.07, 6.45) is 3.88. The fourth-order valence-electron chi connectivity index (χ4n) is 1.72. The minimum Gasteiger partial charge on any atom is -0.376 e. The van der Waals surface area contributed by atoms with Crippen LogP contribution in [0, 0.1) is 0 Å². The van der Waals surface area contributed by atoms with Crippen molar-refractivity contribution < 1.29 is 9.53 Å². The molecule has 1 aliphatic heterocycles. The van der Waals surface area contributed by atoms with E-state index in [9.17, 15) is 4.79 Å². The predicted octanol–water partition coefficient (Wildman–Crippen LogP) is 1.83. The van der Waals surface area contributed by atoms with E-state index in [1.165, 1.54) is 11.3 Å². The molecule has 2 heterocycles. The molecule has 2 atom stereocenters. The van der Waals surface area contributed by atoms with Crippen LogP contribution in [0.4, 0.5) is 9.93 Å². The summed E-state index contributed by atoms with van der Waals surface area (Å²) in [5, 5.41) is 7.96. The Balaban J connectivity index is 1.78. The molecular formula is C10H15N3O2S. The van der Waals surface area contributed by atoms with Crippen LogP contribution in [0.15, 0.2) is 11.6 Å². The van der Waals surface area contributed by atoms with Gasteiger partial charge in [-0.05, 0) is 19.8 Å². The van der Waals surface area contributed by atoms with E-state index in [4.69, 9.17) is 4.74 Å². The van der Waals surface area contributed by atoms with E-state index in [1.54, 1.807) is 6.20 Å². The fourth-order valence-corrected chi connectivity index (χ4v) is 2.24. The van der Waals surface area contributed by atoms with Gasteiger partial charge in [-0.3, -0.25) is 5.32 Å². The zero-order valence-corrected chi connectivity index (χ0v) is 9.92. The highest BCUT2D eigenvalue weighted by Gasteiger charge is 2.23. The molecular weight excluding hydrogens is 226 g/mol. The number of amides is 2. The average molecular weight is 241 g/mol. The molecule has 0 unspecified atom stereocenters. The van der Waals surface area contributed by atoms with Crippen LogP contribution >= 0.6 is 11.3 Å². The van der Waals surface area contributed by atoms with Gasteiger partial charge in [-0.25, -0.2) is 9.78 Å². The second kappa shape index (κ2) is 5.27. The number of aromatic nitrogens is 1. The largest absolute Gasteiger partial charge is 0.376 e. The molecule has 2 N–H and O–H groups in total. The minimum atomic E-state index is -0.224. The SMILES string of the molecule is C[C@@H](NC(=O)Nc1nccs1)[C@@H]1CCCO1. The number of ether oxygens (including phenoxy) is 1.